The summed E-state index contributed by atoms with van der Waals surface area (Å²) in [5, 5.41) is 6.89. The van der Waals surface area contributed by atoms with Crippen LogP contribution in [-0.2, 0) is 0 Å². The summed E-state index contributed by atoms with van der Waals surface area (Å²) in [4.78, 5) is 16.2. The molecule has 10 aromatic carbocycles. The number of benzene rings is 10. The van der Waals surface area contributed by atoms with E-state index in [0.29, 0.717) is 17.6 Å². The van der Waals surface area contributed by atoms with Crippen LogP contribution in [-0.4, -0.2) is 28.7 Å². The molecule has 0 unspecified atom stereocenters. The molecule has 69 heavy (non-hydrogen) atoms. The average Bonchev–Trinajstić information content (AvgIpc) is 4.07. The molecule has 0 saturated carbocycles. The first-order chi connectivity index (χ1) is 34.3. The van der Waals surface area contributed by atoms with Crippen LogP contribution < -0.4 is 0 Å². The predicted octanol–water partition coefficient (Wildman–Crippen LogP) is 15.8. The summed E-state index contributed by atoms with van der Waals surface area (Å²) in [6, 6.07) is 86.3. The van der Waals surface area contributed by atoms with E-state index in [2.05, 4.69) is 232 Å². The fraction of sp³-hybridized carbons (Fsp3) is 0. The zero-order valence-corrected chi connectivity index (χ0v) is 37.3. The third kappa shape index (κ3) is 6.09. The maximum absolute atomic E-state index is 5.52. The standard InChI is InChI=1S/C63H40N6/c1-5-21-41(22-6-1)45-29-13-14-33-51(45)62-64-61(43-25-9-3-10-26-43)65-63(66-62)69-56-36-20-16-31-47(56)50-38-37-49-46-30-15-19-35-55(46)68(59(49)60(50)69)57-40-53-48-32-17-18-34-54(48)67(44-27-11-4-12-28-44)58(53)39-52(57)42-23-7-2-8-24-42/h1-40H. The Bertz CT molecular complexity index is 4280. The van der Waals surface area contributed by atoms with Crippen LogP contribution in [0.1, 0.15) is 0 Å². The molecule has 322 valence electrons. The van der Waals surface area contributed by atoms with Gasteiger partial charge in [0.25, 0.3) is 0 Å². The maximum Gasteiger partial charge on any atom is 0.238 e. The summed E-state index contributed by atoms with van der Waals surface area (Å²) >= 11 is 0. The van der Waals surface area contributed by atoms with Crippen molar-refractivity contribution in [1.29, 1.82) is 0 Å². The molecule has 0 aliphatic carbocycles. The van der Waals surface area contributed by atoms with Crippen molar-refractivity contribution in [2.24, 2.45) is 0 Å². The van der Waals surface area contributed by atoms with E-state index in [1.807, 2.05) is 24.3 Å². The Morgan fingerprint density at radius 3 is 1.33 bits per heavy atom. The number of nitrogens with zero attached hydrogens (tertiary/aromatic N) is 6. The molecule has 0 fully saturated rings. The monoisotopic (exact) mass is 880 g/mol. The van der Waals surface area contributed by atoms with Gasteiger partial charge in [-0.3, -0.25) is 4.57 Å². The van der Waals surface area contributed by atoms with E-state index in [1.54, 1.807) is 0 Å². The minimum absolute atomic E-state index is 0.543. The Labute approximate surface area is 397 Å². The summed E-state index contributed by atoms with van der Waals surface area (Å²) in [6.45, 7) is 0. The molecule has 14 rings (SSSR count). The molecule has 0 aliphatic rings. The zero-order valence-electron chi connectivity index (χ0n) is 37.3. The second-order valence-corrected chi connectivity index (χ2v) is 17.6. The second-order valence-electron chi connectivity index (χ2n) is 17.6. The van der Waals surface area contributed by atoms with Crippen molar-refractivity contribution in [3.05, 3.63) is 243 Å². The van der Waals surface area contributed by atoms with E-state index in [4.69, 9.17) is 15.0 Å². The van der Waals surface area contributed by atoms with Gasteiger partial charge in [0.05, 0.1) is 38.8 Å². The minimum atomic E-state index is 0.543. The quantitative estimate of drug-likeness (QED) is 0.160. The summed E-state index contributed by atoms with van der Waals surface area (Å²) in [7, 11) is 0. The Morgan fingerprint density at radius 1 is 0.261 bits per heavy atom. The van der Waals surface area contributed by atoms with Gasteiger partial charge in [0.1, 0.15) is 0 Å². The van der Waals surface area contributed by atoms with E-state index in [-0.39, 0.29) is 0 Å². The van der Waals surface area contributed by atoms with Crippen LogP contribution in [0.5, 0.6) is 0 Å². The topological polar surface area (TPSA) is 53.5 Å². The van der Waals surface area contributed by atoms with Crippen molar-refractivity contribution in [3.63, 3.8) is 0 Å². The van der Waals surface area contributed by atoms with Crippen LogP contribution in [0.15, 0.2) is 243 Å². The highest BCUT2D eigenvalue weighted by Gasteiger charge is 2.26. The number of aromatic nitrogens is 6. The Hall–Kier alpha value is -9.39. The first kappa shape index (κ1) is 38.8. The molecule has 0 aliphatic heterocycles. The molecule has 0 atom stereocenters. The Kier molecular flexibility index (Phi) is 8.79. The van der Waals surface area contributed by atoms with E-state index >= 15 is 0 Å². The molecule has 0 amide bonds. The highest BCUT2D eigenvalue weighted by atomic mass is 15.2. The molecule has 6 nitrogen and oxygen atoms in total. The van der Waals surface area contributed by atoms with Crippen LogP contribution in [0.2, 0.25) is 0 Å². The van der Waals surface area contributed by atoms with Crippen LogP contribution in [0.25, 0.3) is 128 Å². The van der Waals surface area contributed by atoms with Crippen LogP contribution >= 0.6 is 0 Å². The highest BCUT2D eigenvalue weighted by molar-refractivity contribution is 6.24. The number of para-hydroxylation sites is 4. The first-order valence-electron chi connectivity index (χ1n) is 23.4. The third-order valence-electron chi connectivity index (χ3n) is 13.7. The smallest absolute Gasteiger partial charge is 0.238 e. The molecular formula is C63H40N6. The summed E-state index contributed by atoms with van der Waals surface area (Å²) < 4.78 is 7.19. The van der Waals surface area contributed by atoms with Crippen molar-refractivity contribution < 1.29 is 0 Å². The predicted molar refractivity (Wildman–Crippen MR) is 285 cm³/mol. The van der Waals surface area contributed by atoms with E-state index in [1.165, 1.54) is 10.8 Å². The molecule has 0 saturated heterocycles. The van der Waals surface area contributed by atoms with Gasteiger partial charge in [-0.05, 0) is 59.2 Å². The summed E-state index contributed by atoms with van der Waals surface area (Å²) in [5.41, 5.74) is 15.0. The van der Waals surface area contributed by atoms with E-state index < -0.39 is 0 Å². The summed E-state index contributed by atoms with van der Waals surface area (Å²) in [6.07, 6.45) is 0. The summed E-state index contributed by atoms with van der Waals surface area (Å²) in [5.74, 6) is 1.74. The van der Waals surface area contributed by atoms with Gasteiger partial charge in [0.2, 0.25) is 5.95 Å². The Balaban J connectivity index is 1.14. The first-order valence-corrected chi connectivity index (χ1v) is 23.4. The molecule has 4 aromatic heterocycles. The fourth-order valence-corrected chi connectivity index (χ4v) is 10.7. The molecule has 14 aromatic rings. The van der Waals surface area contributed by atoms with Gasteiger partial charge in [-0.1, -0.05) is 200 Å². The normalized spacial score (nSPS) is 11.8. The van der Waals surface area contributed by atoms with Gasteiger partial charge in [0.15, 0.2) is 11.6 Å². The molecular weight excluding hydrogens is 841 g/mol. The van der Waals surface area contributed by atoms with Crippen LogP contribution in [0, 0.1) is 0 Å². The lowest BCUT2D eigenvalue weighted by molar-refractivity contribution is 0.953. The van der Waals surface area contributed by atoms with Gasteiger partial charge in [-0.15, -0.1) is 0 Å². The van der Waals surface area contributed by atoms with Gasteiger partial charge in [0, 0.05) is 54.7 Å². The number of rotatable bonds is 7. The lowest BCUT2D eigenvalue weighted by Gasteiger charge is -2.17. The highest BCUT2D eigenvalue weighted by Crippen LogP contribution is 2.45. The number of fused-ring (bicyclic) bond motifs is 10. The van der Waals surface area contributed by atoms with Crippen molar-refractivity contribution in [2.45, 2.75) is 0 Å². The van der Waals surface area contributed by atoms with Crippen molar-refractivity contribution >= 4 is 65.4 Å². The van der Waals surface area contributed by atoms with E-state index in [0.717, 1.165) is 99.4 Å². The van der Waals surface area contributed by atoms with Gasteiger partial charge < -0.3 is 9.13 Å². The van der Waals surface area contributed by atoms with Gasteiger partial charge in [-0.2, -0.15) is 9.97 Å². The lowest BCUT2D eigenvalue weighted by Crippen LogP contribution is -2.07. The lowest BCUT2D eigenvalue weighted by atomic mass is 9.99. The van der Waals surface area contributed by atoms with Gasteiger partial charge in [-0.25, -0.2) is 4.98 Å². The zero-order chi connectivity index (χ0) is 45.4. The second kappa shape index (κ2) is 15.6. The van der Waals surface area contributed by atoms with E-state index in [9.17, 15) is 0 Å². The molecule has 0 radical (unpaired) electrons. The molecule has 0 bridgehead atoms. The number of hydrogen-bond donors (Lipinski definition) is 0. The molecule has 4 heterocycles. The van der Waals surface area contributed by atoms with Crippen molar-refractivity contribution in [3.8, 4) is 62.4 Å². The third-order valence-corrected chi connectivity index (χ3v) is 13.7. The Morgan fingerprint density at radius 2 is 0.710 bits per heavy atom. The van der Waals surface area contributed by atoms with Crippen LogP contribution in [0.3, 0.4) is 0 Å². The average molecular weight is 881 g/mol. The minimum Gasteiger partial charge on any atom is -0.309 e. The van der Waals surface area contributed by atoms with Crippen molar-refractivity contribution in [2.75, 3.05) is 0 Å². The van der Waals surface area contributed by atoms with Gasteiger partial charge >= 0.3 is 0 Å². The van der Waals surface area contributed by atoms with Crippen LogP contribution in [0.4, 0.5) is 0 Å². The molecule has 6 heteroatoms. The van der Waals surface area contributed by atoms with Crippen molar-refractivity contribution in [1.82, 2.24) is 28.7 Å². The number of hydrogen-bond acceptors (Lipinski definition) is 3. The molecule has 0 spiro atoms. The maximum atomic E-state index is 5.52. The largest absolute Gasteiger partial charge is 0.309 e. The fourth-order valence-electron chi connectivity index (χ4n) is 10.7. The molecule has 0 N–H and O–H groups in total. The SMILES string of the molecule is c1ccc(-c2nc(-c3ccccc3-c3ccccc3)nc(-n3c4ccccc4c4ccc5c6ccccc6n(-c6cc7c8ccccc8n(-c8ccccc8)c7cc6-c6ccccc6)c5c43)n2)cc1.